The lowest BCUT2D eigenvalue weighted by molar-refractivity contribution is -0.125. The molecular formula is C17H17N3O4. The van der Waals surface area contributed by atoms with Crippen molar-refractivity contribution < 1.29 is 18.8 Å². The fraction of sp³-hybridized carbons (Fsp3) is 0.235. The summed E-state index contributed by atoms with van der Waals surface area (Å²) in [7, 11) is 0. The van der Waals surface area contributed by atoms with Crippen LogP contribution in [0.5, 0.6) is 0 Å². The standard InChI is InChI=1S/C17H17N3O4/c21-14(18-11-13-7-4-10-24-13)8-9-17(12-5-2-1-3-6-12)15(22)19-16(23)20-17/h1-7,10H,8-9,11H2,(H,18,21)(H2,19,20,22,23). The predicted molar refractivity (Wildman–Crippen MR) is 84.6 cm³/mol. The Labute approximate surface area is 138 Å². The van der Waals surface area contributed by atoms with Gasteiger partial charge in [-0.1, -0.05) is 30.3 Å². The molecule has 2 aromatic rings. The van der Waals surface area contributed by atoms with E-state index in [-0.39, 0.29) is 25.3 Å². The first-order valence-electron chi connectivity index (χ1n) is 7.58. The number of carbonyl (C=O) groups is 3. The average Bonchev–Trinajstić information content (AvgIpc) is 3.20. The zero-order valence-corrected chi connectivity index (χ0v) is 12.9. The summed E-state index contributed by atoms with van der Waals surface area (Å²) in [4.78, 5) is 36.0. The van der Waals surface area contributed by atoms with Gasteiger partial charge in [0.25, 0.3) is 5.91 Å². The Hall–Kier alpha value is -3.09. The molecule has 1 aliphatic heterocycles. The Morgan fingerprint density at radius 1 is 1.12 bits per heavy atom. The highest BCUT2D eigenvalue weighted by Gasteiger charge is 2.47. The first-order chi connectivity index (χ1) is 11.6. The van der Waals surface area contributed by atoms with E-state index >= 15 is 0 Å². The van der Waals surface area contributed by atoms with Gasteiger partial charge in [-0.25, -0.2) is 4.79 Å². The second-order valence-electron chi connectivity index (χ2n) is 5.54. The van der Waals surface area contributed by atoms with Crippen LogP contribution in [0.1, 0.15) is 24.2 Å². The Bertz CT molecular complexity index is 742. The van der Waals surface area contributed by atoms with Crippen molar-refractivity contribution in [2.24, 2.45) is 0 Å². The van der Waals surface area contributed by atoms with Crippen LogP contribution < -0.4 is 16.0 Å². The first-order valence-corrected chi connectivity index (χ1v) is 7.58. The number of hydrogen-bond donors (Lipinski definition) is 3. The molecule has 3 N–H and O–H groups in total. The minimum Gasteiger partial charge on any atom is -0.467 e. The lowest BCUT2D eigenvalue weighted by Gasteiger charge is -2.26. The zero-order valence-electron chi connectivity index (χ0n) is 12.9. The van der Waals surface area contributed by atoms with Gasteiger partial charge in [-0.05, 0) is 24.1 Å². The number of imide groups is 1. The van der Waals surface area contributed by atoms with E-state index in [0.29, 0.717) is 11.3 Å². The lowest BCUT2D eigenvalue weighted by Crippen LogP contribution is -2.44. The molecule has 1 fully saturated rings. The Kier molecular flexibility index (Phi) is 4.33. The molecule has 0 bridgehead atoms. The SMILES string of the molecule is O=C(CCC1(c2ccccc2)NC(=O)NC1=O)NCc1ccco1. The van der Waals surface area contributed by atoms with E-state index in [9.17, 15) is 14.4 Å². The number of rotatable bonds is 6. The normalized spacial score (nSPS) is 19.7. The van der Waals surface area contributed by atoms with Gasteiger partial charge in [0.1, 0.15) is 11.3 Å². The van der Waals surface area contributed by atoms with Gasteiger partial charge in [-0.2, -0.15) is 0 Å². The average molecular weight is 327 g/mol. The number of furan rings is 1. The van der Waals surface area contributed by atoms with Crippen molar-refractivity contribution in [3.63, 3.8) is 0 Å². The summed E-state index contributed by atoms with van der Waals surface area (Å²) < 4.78 is 5.15. The van der Waals surface area contributed by atoms with E-state index in [0.717, 1.165) is 0 Å². The smallest absolute Gasteiger partial charge is 0.322 e. The molecule has 0 spiro atoms. The summed E-state index contributed by atoms with van der Waals surface area (Å²) in [6, 6.07) is 11.8. The maximum atomic E-state index is 12.3. The summed E-state index contributed by atoms with van der Waals surface area (Å²) in [6.07, 6.45) is 1.78. The molecular weight excluding hydrogens is 310 g/mol. The number of urea groups is 1. The van der Waals surface area contributed by atoms with Crippen LogP contribution in [0.15, 0.2) is 53.1 Å². The van der Waals surface area contributed by atoms with Crippen LogP contribution >= 0.6 is 0 Å². The molecule has 7 heteroatoms. The van der Waals surface area contributed by atoms with Crippen molar-refractivity contribution in [1.29, 1.82) is 0 Å². The fourth-order valence-electron chi connectivity index (χ4n) is 2.73. The lowest BCUT2D eigenvalue weighted by atomic mass is 9.85. The summed E-state index contributed by atoms with van der Waals surface area (Å²) in [5, 5.41) is 7.64. The molecule has 1 aliphatic rings. The van der Waals surface area contributed by atoms with Gasteiger partial charge in [0, 0.05) is 6.42 Å². The van der Waals surface area contributed by atoms with Gasteiger partial charge in [0.15, 0.2) is 0 Å². The molecule has 4 amide bonds. The van der Waals surface area contributed by atoms with Crippen LogP contribution in [-0.2, 0) is 21.7 Å². The molecule has 2 heterocycles. The van der Waals surface area contributed by atoms with E-state index in [1.54, 1.807) is 36.4 Å². The van der Waals surface area contributed by atoms with E-state index in [2.05, 4.69) is 16.0 Å². The molecule has 1 aromatic carbocycles. The molecule has 1 atom stereocenters. The molecule has 124 valence electrons. The third-order valence-corrected chi connectivity index (χ3v) is 3.98. The molecule has 1 saturated heterocycles. The molecule has 0 aliphatic carbocycles. The van der Waals surface area contributed by atoms with Gasteiger partial charge >= 0.3 is 6.03 Å². The predicted octanol–water partition coefficient (Wildman–Crippen LogP) is 1.41. The topological polar surface area (TPSA) is 100 Å². The number of benzene rings is 1. The second-order valence-corrected chi connectivity index (χ2v) is 5.54. The van der Waals surface area contributed by atoms with Crippen LogP contribution in [0, 0.1) is 0 Å². The number of amides is 4. The van der Waals surface area contributed by atoms with Crippen LogP contribution in [0.25, 0.3) is 0 Å². The molecule has 24 heavy (non-hydrogen) atoms. The minimum absolute atomic E-state index is 0.0866. The minimum atomic E-state index is -1.22. The van der Waals surface area contributed by atoms with E-state index in [4.69, 9.17) is 4.42 Å². The Balaban J connectivity index is 1.68. The number of nitrogens with one attached hydrogen (secondary N) is 3. The third kappa shape index (κ3) is 3.15. The second kappa shape index (κ2) is 6.57. The highest BCUT2D eigenvalue weighted by Crippen LogP contribution is 2.29. The molecule has 0 radical (unpaired) electrons. The molecule has 1 unspecified atom stereocenters. The van der Waals surface area contributed by atoms with Gasteiger partial charge in [0.05, 0.1) is 12.8 Å². The van der Waals surface area contributed by atoms with Crippen LogP contribution in [0.2, 0.25) is 0 Å². The van der Waals surface area contributed by atoms with Crippen molar-refractivity contribution in [2.45, 2.75) is 24.9 Å². The van der Waals surface area contributed by atoms with Gasteiger partial charge in [-0.3, -0.25) is 14.9 Å². The van der Waals surface area contributed by atoms with Crippen molar-refractivity contribution in [3.05, 3.63) is 60.1 Å². The molecule has 7 nitrogen and oxygen atoms in total. The van der Waals surface area contributed by atoms with E-state index < -0.39 is 17.5 Å². The quantitative estimate of drug-likeness (QED) is 0.698. The monoisotopic (exact) mass is 327 g/mol. The summed E-state index contributed by atoms with van der Waals surface area (Å²) in [6.45, 7) is 0.280. The Morgan fingerprint density at radius 2 is 1.92 bits per heavy atom. The number of carbonyl (C=O) groups excluding carboxylic acids is 3. The van der Waals surface area contributed by atoms with E-state index in [1.165, 1.54) is 6.26 Å². The van der Waals surface area contributed by atoms with Crippen LogP contribution in [0.4, 0.5) is 4.79 Å². The molecule has 1 aromatic heterocycles. The highest BCUT2D eigenvalue weighted by atomic mass is 16.3. The van der Waals surface area contributed by atoms with Crippen molar-refractivity contribution >= 4 is 17.8 Å². The molecule has 3 rings (SSSR count). The van der Waals surface area contributed by atoms with Gasteiger partial charge < -0.3 is 15.1 Å². The maximum absolute atomic E-state index is 12.3. The third-order valence-electron chi connectivity index (χ3n) is 3.98. The largest absolute Gasteiger partial charge is 0.467 e. The summed E-state index contributed by atoms with van der Waals surface area (Å²) >= 11 is 0. The van der Waals surface area contributed by atoms with Crippen molar-refractivity contribution in [3.8, 4) is 0 Å². The number of hydrogen-bond acceptors (Lipinski definition) is 4. The van der Waals surface area contributed by atoms with Gasteiger partial charge in [0.2, 0.25) is 5.91 Å². The Morgan fingerprint density at radius 3 is 2.54 bits per heavy atom. The summed E-state index contributed by atoms with van der Waals surface area (Å²) in [5.74, 6) is -0.0266. The fourth-order valence-corrected chi connectivity index (χ4v) is 2.73. The van der Waals surface area contributed by atoms with Crippen LogP contribution in [-0.4, -0.2) is 17.8 Å². The maximum Gasteiger partial charge on any atom is 0.322 e. The summed E-state index contributed by atoms with van der Waals surface area (Å²) in [5.41, 5.74) is -0.576. The van der Waals surface area contributed by atoms with Crippen molar-refractivity contribution in [2.75, 3.05) is 0 Å². The van der Waals surface area contributed by atoms with Crippen LogP contribution in [0.3, 0.4) is 0 Å². The molecule has 0 saturated carbocycles. The first kappa shape index (κ1) is 15.8. The van der Waals surface area contributed by atoms with Gasteiger partial charge in [-0.15, -0.1) is 0 Å². The van der Waals surface area contributed by atoms with E-state index in [1.807, 2.05) is 6.07 Å². The highest BCUT2D eigenvalue weighted by molar-refractivity contribution is 6.07. The zero-order chi connectivity index (χ0) is 17.0. The van der Waals surface area contributed by atoms with Crippen molar-refractivity contribution in [1.82, 2.24) is 16.0 Å².